The van der Waals surface area contributed by atoms with Gasteiger partial charge in [0.2, 0.25) is 0 Å². The normalized spacial score (nSPS) is 13.3. The molecule has 0 atom stereocenters. The van der Waals surface area contributed by atoms with E-state index < -0.39 is 0 Å². The largest absolute Gasteiger partial charge is 0.355 e. The standard InChI is InChI=1S/C43H32N2/c1-43(2)36-20-8-5-19-35(36)42-37(43)21-12-22-38(42)44-29-14-11-13-28(27-29)30-25-26-41(32-16-4-3-15-31(30)32)45-39-23-9-6-17-33(39)34-18-7-10-24-40(34)45/h3-27,44H,1-2H3. The Balaban J connectivity index is 1.17. The van der Waals surface area contributed by atoms with E-state index in [1.165, 1.54) is 71.6 Å². The van der Waals surface area contributed by atoms with Crippen molar-refractivity contribution in [1.29, 1.82) is 0 Å². The Morgan fingerprint density at radius 1 is 0.489 bits per heavy atom. The summed E-state index contributed by atoms with van der Waals surface area (Å²) >= 11 is 0. The summed E-state index contributed by atoms with van der Waals surface area (Å²) in [7, 11) is 0. The van der Waals surface area contributed by atoms with Gasteiger partial charge in [-0.15, -0.1) is 0 Å². The molecule has 45 heavy (non-hydrogen) atoms. The Kier molecular flexibility index (Phi) is 5.58. The zero-order valence-corrected chi connectivity index (χ0v) is 25.4. The predicted molar refractivity (Wildman–Crippen MR) is 191 cm³/mol. The lowest BCUT2D eigenvalue weighted by Crippen LogP contribution is -2.14. The summed E-state index contributed by atoms with van der Waals surface area (Å²) in [5.41, 5.74) is 13.7. The lowest BCUT2D eigenvalue weighted by Gasteiger charge is -2.21. The molecule has 2 nitrogen and oxygen atoms in total. The van der Waals surface area contributed by atoms with Gasteiger partial charge >= 0.3 is 0 Å². The minimum Gasteiger partial charge on any atom is -0.355 e. The molecular formula is C43H32N2. The third-order valence-corrected chi connectivity index (χ3v) is 9.78. The molecule has 214 valence electrons. The van der Waals surface area contributed by atoms with Crippen molar-refractivity contribution in [2.75, 3.05) is 5.32 Å². The van der Waals surface area contributed by atoms with Crippen molar-refractivity contribution in [3.05, 3.63) is 163 Å². The number of aromatic nitrogens is 1. The van der Waals surface area contributed by atoms with E-state index in [0.717, 1.165) is 11.4 Å². The summed E-state index contributed by atoms with van der Waals surface area (Å²) in [5, 5.41) is 8.84. The van der Waals surface area contributed by atoms with E-state index >= 15 is 0 Å². The van der Waals surface area contributed by atoms with E-state index in [1.54, 1.807) is 0 Å². The Morgan fingerprint density at radius 2 is 1.11 bits per heavy atom. The van der Waals surface area contributed by atoms with Gasteiger partial charge in [0.1, 0.15) is 0 Å². The van der Waals surface area contributed by atoms with Crippen LogP contribution in [0.1, 0.15) is 25.0 Å². The zero-order chi connectivity index (χ0) is 30.1. The molecule has 9 rings (SSSR count). The highest BCUT2D eigenvalue weighted by molar-refractivity contribution is 6.11. The van der Waals surface area contributed by atoms with E-state index in [1.807, 2.05) is 0 Å². The minimum atomic E-state index is -0.0253. The Morgan fingerprint density at radius 3 is 1.89 bits per heavy atom. The first kappa shape index (κ1) is 25.9. The minimum absolute atomic E-state index is 0.0253. The molecule has 1 aliphatic rings. The van der Waals surface area contributed by atoms with Crippen LogP contribution in [0.4, 0.5) is 11.4 Å². The Hall–Kier alpha value is -5.60. The lowest BCUT2D eigenvalue weighted by molar-refractivity contribution is 0.660. The van der Waals surface area contributed by atoms with E-state index in [0.29, 0.717) is 0 Å². The number of anilines is 2. The Bertz CT molecular complexity index is 2390. The summed E-state index contributed by atoms with van der Waals surface area (Å²) in [6.45, 7) is 4.66. The first-order valence-electron chi connectivity index (χ1n) is 15.7. The first-order chi connectivity index (χ1) is 22.1. The van der Waals surface area contributed by atoms with Crippen LogP contribution in [0.15, 0.2) is 152 Å². The molecule has 1 N–H and O–H groups in total. The third kappa shape index (κ3) is 3.82. The molecular weight excluding hydrogens is 544 g/mol. The number of benzene rings is 7. The fraction of sp³-hybridized carbons (Fsp3) is 0.0698. The lowest BCUT2D eigenvalue weighted by atomic mass is 9.82. The van der Waals surface area contributed by atoms with Crippen molar-refractivity contribution in [1.82, 2.24) is 4.57 Å². The fourth-order valence-electron chi connectivity index (χ4n) is 7.69. The number of fused-ring (bicyclic) bond motifs is 7. The summed E-state index contributed by atoms with van der Waals surface area (Å²) in [4.78, 5) is 0. The van der Waals surface area contributed by atoms with Crippen molar-refractivity contribution in [2.45, 2.75) is 19.3 Å². The van der Waals surface area contributed by atoms with Gasteiger partial charge in [-0.1, -0.05) is 129 Å². The molecule has 0 aliphatic heterocycles. The molecule has 1 heterocycles. The molecule has 0 radical (unpaired) electrons. The van der Waals surface area contributed by atoms with Crippen LogP contribution >= 0.6 is 0 Å². The van der Waals surface area contributed by atoms with Crippen LogP contribution in [0.3, 0.4) is 0 Å². The van der Waals surface area contributed by atoms with E-state index in [9.17, 15) is 0 Å². The van der Waals surface area contributed by atoms with Crippen molar-refractivity contribution in [2.24, 2.45) is 0 Å². The number of hydrogen-bond acceptors (Lipinski definition) is 1. The number of rotatable bonds is 4. The molecule has 0 unspecified atom stereocenters. The van der Waals surface area contributed by atoms with Crippen LogP contribution in [0.2, 0.25) is 0 Å². The van der Waals surface area contributed by atoms with Crippen LogP contribution in [-0.2, 0) is 5.41 Å². The van der Waals surface area contributed by atoms with E-state index in [-0.39, 0.29) is 5.41 Å². The zero-order valence-electron chi connectivity index (χ0n) is 25.4. The van der Waals surface area contributed by atoms with E-state index in [2.05, 4.69) is 175 Å². The van der Waals surface area contributed by atoms with Gasteiger partial charge < -0.3 is 9.88 Å². The summed E-state index contributed by atoms with van der Waals surface area (Å²) in [5.74, 6) is 0. The van der Waals surface area contributed by atoms with Gasteiger partial charge in [0.05, 0.1) is 16.7 Å². The van der Waals surface area contributed by atoms with Crippen molar-refractivity contribution >= 4 is 44.0 Å². The number of hydrogen-bond donors (Lipinski definition) is 1. The van der Waals surface area contributed by atoms with Gasteiger partial charge in [-0.2, -0.15) is 0 Å². The molecule has 0 spiro atoms. The molecule has 7 aromatic carbocycles. The quantitative estimate of drug-likeness (QED) is 0.220. The van der Waals surface area contributed by atoms with Crippen molar-refractivity contribution < 1.29 is 0 Å². The second-order valence-corrected chi connectivity index (χ2v) is 12.7. The molecule has 0 bridgehead atoms. The topological polar surface area (TPSA) is 17.0 Å². The van der Waals surface area contributed by atoms with Gasteiger partial charge in [0.25, 0.3) is 0 Å². The SMILES string of the molecule is CC1(C)c2ccccc2-c2c(Nc3cccc(-c4ccc(-n5c6ccccc6c6ccccc65)c5ccccc45)c3)cccc21. The first-order valence-corrected chi connectivity index (χ1v) is 15.7. The van der Waals surface area contributed by atoms with Gasteiger partial charge in [-0.3, -0.25) is 0 Å². The van der Waals surface area contributed by atoms with Crippen LogP contribution in [-0.4, -0.2) is 4.57 Å². The molecule has 0 saturated heterocycles. The predicted octanol–water partition coefficient (Wildman–Crippen LogP) is 11.7. The monoisotopic (exact) mass is 576 g/mol. The average Bonchev–Trinajstić information content (AvgIpc) is 3.54. The third-order valence-electron chi connectivity index (χ3n) is 9.78. The van der Waals surface area contributed by atoms with Crippen molar-refractivity contribution in [3.8, 4) is 27.9 Å². The maximum absolute atomic E-state index is 3.81. The Labute approximate surface area is 263 Å². The number of nitrogens with zero attached hydrogens (tertiary/aromatic N) is 1. The molecule has 8 aromatic rings. The second-order valence-electron chi connectivity index (χ2n) is 12.7. The average molecular weight is 577 g/mol. The van der Waals surface area contributed by atoms with Crippen LogP contribution in [0.25, 0.3) is 60.5 Å². The van der Waals surface area contributed by atoms with Gasteiger partial charge in [-0.25, -0.2) is 0 Å². The maximum atomic E-state index is 3.81. The highest BCUT2D eigenvalue weighted by Crippen LogP contribution is 2.51. The molecule has 0 saturated carbocycles. The molecule has 0 fully saturated rings. The smallest absolute Gasteiger partial charge is 0.0541 e. The van der Waals surface area contributed by atoms with E-state index in [4.69, 9.17) is 0 Å². The highest BCUT2D eigenvalue weighted by atomic mass is 15.0. The second kappa shape index (κ2) is 9.70. The van der Waals surface area contributed by atoms with Gasteiger partial charge in [0, 0.05) is 38.5 Å². The van der Waals surface area contributed by atoms with Crippen LogP contribution in [0, 0.1) is 0 Å². The van der Waals surface area contributed by atoms with Crippen LogP contribution < -0.4 is 5.32 Å². The summed E-state index contributed by atoms with van der Waals surface area (Å²) in [6.07, 6.45) is 0. The summed E-state index contributed by atoms with van der Waals surface area (Å²) < 4.78 is 2.42. The molecule has 2 heteroatoms. The number of para-hydroxylation sites is 2. The van der Waals surface area contributed by atoms with Gasteiger partial charge in [-0.05, 0) is 69.6 Å². The maximum Gasteiger partial charge on any atom is 0.0541 e. The summed E-state index contributed by atoms with van der Waals surface area (Å²) in [6, 6.07) is 55.2. The number of nitrogens with one attached hydrogen (secondary N) is 1. The van der Waals surface area contributed by atoms with Crippen LogP contribution in [0.5, 0.6) is 0 Å². The fourth-order valence-corrected chi connectivity index (χ4v) is 7.69. The molecule has 1 aliphatic carbocycles. The van der Waals surface area contributed by atoms with Crippen molar-refractivity contribution in [3.63, 3.8) is 0 Å². The van der Waals surface area contributed by atoms with Gasteiger partial charge in [0.15, 0.2) is 0 Å². The highest BCUT2D eigenvalue weighted by Gasteiger charge is 2.36. The molecule has 1 aromatic heterocycles. The molecule has 0 amide bonds.